The molecule has 4 heteroatoms. The molecule has 2 aromatic rings. The zero-order valence-electron chi connectivity index (χ0n) is 18.8. The lowest BCUT2D eigenvalue weighted by Crippen LogP contribution is -2.37. The van der Waals surface area contributed by atoms with Gasteiger partial charge in [0.1, 0.15) is 5.75 Å². The molecule has 0 aromatic heterocycles. The Labute approximate surface area is 176 Å². The number of carbonyl (C=O) groups is 1. The molecular weight excluding hydrogens is 360 g/mol. The van der Waals surface area contributed by atoms with Gasteiger partial charge in [0, 0.05) is 25.3 Å². The molecule has 2 aromatic carbocycles. The summed E-state index contributed by atoms with van der Waals surface area (Å²) in [5, 5.41) is 3.00. The van der Waals surface area contributed by atoms with Gasteiger partial charge in [-0.15, -0.1) is 0 Å². The Morgan fingerprint density at radius 1 is 0.966 bits per heavy atom. The highest BCUT2D eigenvalue weighted by Crippen LogP contribution is 2.25. The van der Waals surface area contributed by atoms with Gasteiger partial charge in [0.15, 0.2) is 6.10 Å². The summed E-state index contributed by atoms with van der Waals surface area (Å²) in [6, 6.07) is 16.4. The molecule has 0 aliphatic carbocycles. The van der Waals surface area contributed by atoms with Gasteiger partial charge < -0.3 is 15.0 Å². The second-order valence-electron chi connectivity index (χ2n) is 8.35. The first-order valence-corrected chi connectivity index (χ1v) is 10.7. The molecule has 0 bridgehead atoms. The molecule has 0 radical (unpaired) electrons. The molecule has 0 spiro atoms. The van der Waals surface area contributed by atoms with Gasteiger partial charge in [-0.1, -0.05) is 52.0 Å². The average Bonchev–Trinajstić information content (AvgIpc) is 2.71. The lowest BCUT2D eigenvalue weighted by atomic mass is 9.87. The van der Waals surface area contributed by atoms with Gasteiger partial charge in [0.25, 0.3) is 5.91 Å². The molecule has 0 heterocycles. The van der Waals surface area contributed by atoms with Crippen LogP contribution in [-0.2, 0) is 16.8 Å². The quantitative estimate of drug-likeness (QED) is 0.625. The fourth-order valence-electron chi connectivity index (χ4n) is 3.24. The Kier molecular flexibility index (Phi) is 8.12. The van der Waals surface area contributed by atoms with Gasteiger partial charge >= 0.3 is 0 Å². The third kappa shape index (κ3) is 6.52. The summed E-state index contributed by atoms with van der Waals surface area (Å²) in [7, 11) is 0. The smallest absolute Gasteiger partial charge is 0.261 e. The van der Waals surface area contributed by atoms with Gasteiger partial charge in [0.2, 0.25) is 0 Å². The Hall–Kier alpha value is -2.49. The maximum atomic E-state index is 12.6. The number of nitrogens with zero attached hydrogens (tertiary/aromatic N) is 1. The highest BCUT2D eigenvalue weighted by Gasteiger charge is 2.19. The minimum absolute atomic E-state index is 0.0831. The molecule has 2 rings (SSSR count). The summed E-state index contributed by atoms with van der Waals surface area (Å²) in [4.78, 5) is 14.9. The monoisotopic (exact) mass is 396 g/mol. The molecule has 29 heavy (non-hydrogen) atoms. The first-order valence-electron chi connectivity index (χ1n) is 10.7. The van der Waals surface area contributed by atoms with Crippen LogP contribution in [0.15, 0.2) is 48.5 Å². The molecule has 0 aliphatic heterocycles. The minimum atomic E-state index is -0.495. The zero-order valence-corrected chi connectivity index (χ0v) is 18.8. The summed E-state index contributed by atoms with van der Waals surface area (Å²) >= 11 is 0. The van der Waals surface area contributed by atoms with Crippen LogP contribution in [-0.4, -0.2) is 25.1 Å². The van der Waals surface area contributed by atoms with E-state index in [1.54, 1.807) is 0 Å². The standard InChI is InChI=1S/C25H36N2O2/c1-7-23(29-22-16-12-20(13-17-22)25(4,5)6)24(28)26-18-19-10-14-21(15-11-19)27(8-2)9-3/h10-17,23H,7-9,18H2,1-6H3,(H,26,28). The van der Waals surface area contributed by atoms with Crippen molar-refractivity contribution in [3.8, 4) is 5.75 Å². The molecule has 0 saturated carbocycles. The van der Waals surface area contributed by atoms with Crippen molar-refractivity contribution >= 4 is 11.6 Å². The zero-order chi connectivity index (χ0) is 21.4. The maximum absolute atomic E-state index is 12.6. The van der Waals surface area contributed by atoms with Crippen molar-refractivity contribution in [1.82, 2.24) is 5.32 Å². The number of benzene rings is 2. The topological polar surface area (TPSA) is 41.6 Å². The Morgan fingerprint density at radius 3 is 2.03 bits per heavy atom. The first kappa shape index (κ1) is 22.8. The van der Waals surface area contributed by atoms with Gasteiger partial charge in [0.05, 0.1) is 0 Å². The molecule has 158 valence electrons. The Balaban J connectivity index is 1.92. The van der Waals surface area contributed by atoms with Crippen LogP contribution < -0.4 is 15.0 Å². The van der Waals surface area contributed by atoms with Crippen LogP contribution in [0.25, 0.3) is 0 Å². The van der Waals surface area contributed by atoms with Crippen LogP contribution in [0.2, 0.25) is 0 Å². The van der Waals surface area contributed by atoms with Crippen molar-refractivity contribution in [3.63, 3.8) is 0 Å². The van der Waals surface area contributed by atoms with Crippen molar-refractivity contribution in [2.45, 2.75) is 66.0 Å². The normalized spacial score (nSPS) is 12.3. The minimum Gasteiger partial charge on any atom is -0.481 e. The van der Waals surface area contributed by atoms with Gasteiger partial charge in [-0.2, -0.15) is 0 Å². The largest absolute Gasteiger partial charge is 0.481 e. The first-order chi connectivity index (χ1) is 13.8. The van der Waals surface area contributed by atoms with Gasteiger partial charge in [-0.25, -0.2) is 0 Å². The highest BCUT2D eigenvalue weighted by molar-refractivity contribution is 5.81. The van der Waals surface area contributed by atoms with Crippen LogP contribution in [0.3, 0.4) is 0 Å². The van der Waals surface area contributed by atoms with E-state index in [9.17, 15) is 4.79 Å². The van der Waals surface area contributed by atoms with Crippen LogP contribution in [0.1, 0.15) is 59.1 Å². The van der Waals surface area contributed by atoms with E-state index in [0.29, 0.717) is 13.0 Å². The molecule has 0 fully saturated rings. The summed E-state index contributed by atoms with van der Waals surface area (Å²) in [5.74, 6) is 0.642. The third-order valence-electron chi connectivity index (χ3n) is 5.19. The lowest BCUT2D eigenvalue weighted by molar-refractivity contribution is -0.128. The Morgan fingerprint density at radius 2 is 1.55 bits per heavy atom. The van der Waals surface area contributed by atoms with E-state index in [2.05, 4.69) is 81.2 Å². The highest BCUT2D eigenvalue weighted by atomic mass is 16.5. The molecule has 4 nitrogen and oxygen atoms in total. The van der Waals surface area contributed by atoms with Crippen molar-refractivity contribution in [1.29, 1.82) is 0 Å². The summed E-state index contributed by atoms with van der Waals surface area (Å²) in [6.07, 6.45) is 0.124. The van der Waals surface area contributed by atoms with E-state index < -0.39 is 6.10 Å². The van der Waals surface area contributed by atoms with E-state index in [4.69, 9.17) is 4.74 Å². The van der Waals surface area contributed by atoms with Crippen molar-refractivity contribution in [2.75, 3.05) is 18.0 Å². The average molecular weight is 397 g/mol. The van der Waals surface area contributed by atoms with Crippen LogP contribution in [0.5, 0.6) is 5.75 Å². The number of ether oxygens (including phenoxy) is 1. The van der Waals surface area contributed by atoms with E-state index in [1.165, 1.54) is 11.3 Å². The predicted octanol–water partition coefficient (Wildman–Crippen LogP) is 5.30. The number of rotatable bonds is 9. The van der Waals surface area contributed by atoms with E-state index >= 15 is 0 Å². The molecule has 1 unspecified atom stereocenters. The third-order valence-corrected chi connectivity index (χ3v) is 5.19. The van der Waals surface area contributed by atoms with Crippen molar-refractivity contribution in [2.24, 2.45) is 0 Å². The molecule has 1 N–H and O–H groups in total. The van der Waals surface area contributed by atoms with Gasteiger partial charge in [-0.05, 0) is 61.1 Å². The van der Waals surface area contributed by atoms with Crippen molar-refractivity contribution < 1.29 is 9.53 Å². The van der Waals surface area contributed by atoms with Crippen LogP contribution in [0, 0.1) is 0 Å². The van der Waals surface area contributed by atoms with Crippen LogP contribution in [0.4, 0.5) is 5.69 Å². The molecule has 1 atom stereocenters. The van der Waals surface area contributed by atoms with E-state index in [-0.39, 0.29) is 11.3 Å². The second-order valence-corrected chi connectivity index (χ2v) is 8.35. The summed E-state index contributed by atoms with van der Waals surface area (Å²) in [5.41, 5.74) is 3.63. The Bertz CT molecular complexity index is 757. The number of carbonyl (C=O) groups excluding carboxylic acids is 1. The summed E-state index contributed by atoms with van der Waals surface area (Å²) < 4.78 is 5.94. The summed E-state index contributed by atoms with van der Waals surface area (Å²) in [6.45, 7) is 15.3. The number of anilines is 1. The lowest BCUT2D eigenvalue weighted by Gasteiger charge is -2.22. The number of amides is 1. The second kappa shape index (κ2) is 10.3. The SMILES string of the molecule is CCC(Oc1ccc(C(C)(C)C)cc1)C(=O)NCc1ccc(N(CC)CC)cc1. The number of hydrogen-bond acceptors (Lipinski definition) is 3. The number of hydrogen-bond donors (Lipinski definition) is 1. The van der Waals surface area contributed by atoms with Crippen LogP contribution >= 0.6 is 0 Å². The maximum Gasteiger partial charge on any atom is 0.261 e. The van der Waals surface area contributed by atoms with E-state index in [0.717, 1.165) is 24.4 Å². The van der Waals surface area contributed by atoms with E-state index in [1.807, 2.05) is 19.1 Å². The molecular formula is C25H36N2O2. The number of nitrogens with one attached hydrogen (secondary N) is 1. The van der Waals surface area contributed by atoms with Gasteiger partial charge in [-0.3, -0.25) is 4.79 Å². The fourth-order valence-corrected chi connectivity index (χ4v) is 3.24. The molecule has 0 aliphatic rings. The fraction of sp³-hybridized carbons (Fsp3) is 0.480. The molecule has 1 amide bonds. The predicted molar refractivity (Wildman–Crippen MR) is 122 cm³/mol. The van der Waals surface area contributed by atoms with Crippen molar-refractivity contribution in [3.05, 3.63) is 59.7 Å². The molecule has 0 saturated heterocycles.